The van der Waals surface area contributed by atoms with Gasteiger partial charge in [-0.1, -0.05) is 73.1 Å². The molecule has 0 radical (unpaired) electrons. The van der Waals surface area contributed by atoms with Crippen LogP contribution in [0.15, 0.2) is 0 Å². The highest BCUT2D eigenvalue weighted by atomic mass is 14.6. The van der Waals surface area contributed by atoms with Gasteiger partial charge in [-0.3, -0.25) is 0 Å². The molecule has 0 heterocycles. The first-order valence-corrected chi connectivity index (χ1v) is 7.61. The van der Waals surface area contributed by atoms with E-state index in [0.717, 1.165) is 17.8 Å². The zero-order chi connectivity index (χ0) is 12.2. The second kappa shape index (κ2) is 6.07. The molecule has 0 aromatic heterocycles. The van der Waals surface area contributed by atoms with Crippen LogP contribution in [0.2, 0.25) is 0 Å². The molecular weight excluding hydrogens is 192 g/mol. The third-order valence-corrected chi connectivity index (χ3v) is 5.19. The van der Waals surface area contributed by atoms with Gasteiger partial charge in [-0.05, 0) is 29.6 Å². The van der Waals surface area contributed by atoms with Crippen LogP contribution < -0.4 is 0 Å². The van der Waals surface area contributed by atoms with Crippen LogP contribution in [0.4, 0.5) is 0 Å². The predicted molar refractivity (Wildman–Crippen MR) is 73.6 cm³/mol. The van der Waals surface area contributed by atoms with E-state index in [9.17, 15) is 0 Å². The van der Waals surface area contributed by atoms with Crippen molar-refractivity contribution in [1.29, 1.82) is 0 Å². The van der Waals surface area contributed by atoms with E-state index in [1.165, 1.54) is 44.9 Å². The van der Waals surface area contributed by atoms with E-state index in [2.05, 4.69) is 34.6 Å². The maximum Gasteiger partial charge on any atom is -0.0264 e. The summed E-state index contributed by atoms with van der Waals surface area (Å²) in [6, 6.07) is 0. The van der Waals surface area contributed by atoms with Gasteiger partial charge in [-0.2, -0.15) is 0 Å². The summed E-state index contributed by atoms with van der Waals surface area (Å²) in [6.07, 6.45) is 9.94. The fourth-order valence-corrected chi connectivity index (χ4v) is 3.88. The molecular formula is C16H32. The number of hydrogen-bond donors (Lipinski definition) is 0. The Kier molecular flexibility index (Phi) is 5.34. The fourth-order valence-electron chi connectivity index (χ4n) is 3.88. The van der Waals surface area contributed by atoms with Gasteiger partial charge in [0.05, 0.1) is 0 Å². The molecule has 0 bridgehead atoms. The molecule has 1 saturated carbocycles. The molecule has 4 unspecified atom stereocenters. The van der Waals surface area contributed by atoms with Gasteiger partial charge in [0.2, 0.25) is 0 Å². The Hall–Kier alpha value is 0. The largest absolute Gasteiger partial charge is 0.0654 e. The molecule has 1 aliphatic carbocycles. The topological polar surface area (TPSA) is 0 Å². The highest BCUT2D eigenvalue weighted by molar-refractivity contribution is 5.08. The van der Waals surface area contributed by atoms with Crippen molar-refractivity contribution in [3.05, 3.63) is 0 Å². The van der Waals surface area contributed by atoms with Crippen LogP contribution in [-0.4, -0.2) is 0 Å². The zero-order valence-electron chi connectivity index (χ0n) is 12.2. The summed E-state index contributed by atoms with van der Waals surface area (Å²) in [4.78, 5) is 0. The lowest BCUT2D eigenvalue weighted by Crippen LogP contribution is -2.04. The van der Waals surface area contributed by atoms with Gasteiger partial charge in [0, 0.05) is 0 Å². The van der Waals surface area contributed by atoms with Crippen molar-refractivity contribution in [3.63, 3.8) is 0 Å². The monoisotopic (exact) mass is 224 g/mol. The van der Waals surface area contributed by atoms with Gasteiger partial charge >= 0.3 is 0 Å². The highest BCUT2D eigenvalue weighted by Crippen LogP contribution is 2.66. The molecule has 0 aromatic rings. The molecule has 0 aromatic carbocycles. The molecule has 0 N–H and O–H groups in total. The minimum absolute atomic E-state index is 0.697. The molecule has 16 heavy (non-hydrogen) atoms. The van der Waals surface area contributed by atoms with Crippen LogP contribution in [0.3, 0.4) is 0 Å². The standard InChI is InChI=1S/C16H32/c1-6-9-11-13(4)15-14(12-10-7-2)16(15,5)8-3/h13-15H,6-12H2,1-5H3. The highest BCUT2D eigenvalue weighted by Gasteiger charge is 2.60. The Labute approximate surface area is 103 Å². The van der Waals surface area contributed by atoms with Gasteiger partial charge in [0.1, 0.15) is 0 Å². The van der Waals surface area contributed by atoms with Crippen LogP contribution in [0.5, 0.6) is 0 Å². The molecule has 0 spiro atoms. The van der Waals surface area contributed by atoms with Crippen molar-refractivity contribution in [2.24, 2.45) is 23.2 Å². The van der Waals surface area contributed by atoms with Gasteiger partial charge in [0.25, 0.3) is 0 Å². The second-order valence-corrected chi connectivity index (χ2v) is 6.25. The van der Waals surface area contributed by atoms with Gasteiger partial charge in [-0.15, -0.1) is 0 Å². The van der Waals surface area contributed by atoms with Gasteiger partial charge in [0.15, 0.2) is 0 Å². The van der Waals surface area contributed by atoms with Crippen LogP contribution in [0.25, 0.3) is 0 Å². The molecule has 0 heteroatoms. The van der Waals surface area contributed by atoms with Crippen LogP contribution in [-0.2, 0) is 0 Å². The first-order valence-electron chi connectivity index (χ1n) is 7.61. The average molecular weight is 224 g/mol. The SMILES string of the molecule is CCCCC(C)C1C(CCCC)C1(C)CC. The van der Waals surface area contributed by atoms with Crippen LogP contribution >= 0.6 is 0 Å². The smallest absolute Gasteiger partial charge is 0.0264 e. The van der Waals surface area contributed by atoms with Gasteiger partial charge < -0.3 is 0 Å². The molecule has 0 aliphatic heterocycles. The first kappa shape index (κ1) is 14.1. The Morgan fingerprint density at radius 1 is 1.06 bits per heavy atom. The third kappa shape index (κ3) is 2.81. The molecule has 4 atom stereocenters. The van der Waals surface area contributed by atoms with E-state index < -0.39 is 0 Å². The summed E-state index contributed by atoms with van der Waals surface area (Å²) >= 11 is 0. The molecule has 1 fully saturated rings. The Morgan fingerprint density at radius 3 is 2.19 bits per heavy atom. The molecule has 0 amide bonds. The van der Waals surface area contributed by atoms with E-state index in [1.807, 2.05) is 0 Å². The number of hydrogen-bond acceptors (Lipinski definition) is 0. The predicted octanol–water partition coefficient (Wildman–Crippen LogP) is 5.67. The van der Waals surface area contributed by atoms with E-state index in [1.54, 1.807) is 0 Å². The molecule has 0 saturated heterocycles. The van der Waals surface area contributed by atoms with E-state index >= 15 is 0 Å². The van der Waals surface area contributed by atoms with Gasteiger partial charge in [-0.25, -0.2) is 0 Å². The lowest BCUT2D eigenvalue weighted by molar-refractivity contribution is 0.365. The summed E-state index contributed by atoms with van der Waals surface area (Å²) in [6.45, 7) is 12.1. The van der Waals surface area contributed by atoms with Crippen molar-refractivity contribution < 1.29 is 0 Å². The van der Waals surface area contributed by atoms with Crippen LogP contribution in [0, 0.1) is 23.2 Å². The summed E-state index contributed by atoms with van der Waals surface area (Å²) in [5.74, 6) is 3.05. The van der Waals surface area contributed by atoms with Crippen molar-refractivity contribution in [3.8, 4) is 0 Å². The summed E-state index contributed by atoms with van der Waals surface area (Å²) in [5.41, 5.74) is 0.697. The maximum absolute atomic E-state index is 2.54. The lowest BCUT2D eigenvalue weighted by atomic mass is 9.92. The van der Waals surface area contributed by atoms with E-state index in [-0.39, 0.29) is 0 Å². The molecule has 1 aliphatic rings. The van der Waals surface area contributed by atoms with E-state index in [4.69, 9.17) is 0 Å². The quantitative estimate of drug-likeness (QED) is 0.498. The van der Waals surface area contributed by atoms with Crippen molar-refractivity contribution >= 4 is 0 Å². The Bertz CT molecular complexity index is 196. The zero-order valence-corrected chi connectivity index (χ0v) is 12.2. The molecule has 1 rings (SSSR count). The lowest BCUT2D eigenvalue weighted by Gasteiger charge is -2.14. The Morgan fingerprint density at radius 2 is 1.69 bits per heavy atom. The van der Waals surface area contributed by atoms with Crippen molar-refractivity contribution in [2.45, 2.75) is 79.6 Å². The minimum atomic E-state index is 0.697. The third-order valence-electron chi connectivity index (χ3n) is 5.19. The first-order chi connectivity index (χ1) is 7.61. The Balaban J connectivity index is 2.45. The number of unbranched alkanes of at least 4 members (excludes halogenated alkanes) is 2. The molecule has 96 valence electrons. The van der Waals surface area contributed by atoms with E-state index in [0.29, 0.717) is 5.41 Å². The fraction of sp³-hybridized carbons (Fsp3) is 1.00. The maximum atomic E-state index is 2.54. The summed E-state index contributed by atoms with van der Waals surface area (Å²) < 4.78 is 0. The molecule has 0 nitrogen and oxygen atoms in total. The average Bonchev–Trinajstić information content (AvgIpc) is 2.89. The second-order valence-electron chi connectivity index (χ2n) is 6.25. The van der Waals surface area contributed by atoms with Crippen molar-refractivity contribution in [2.75, 3.05) is 0 Å². The normalized spacial score (nSPS) is 35.1. The van der Waals surface area contributed by atoms with Crippen LogP contribution in [0.1, 0.15) is 79.6 Å². The van der Waals surface area contributed by atoms with Crippen molar-refractivity contribution in [1.82, 2.24) is 0 Å². The number of rotatable bonds is 8. The minimum Gasteiger partial charge on any atom is -0.0654 e. The summed E-state index contributed by atoms with van der Waals surface area (Å²) in [7, 11) is 0. The summed E-state index contributed by atoms with van der Waals surface area (Å²) in [5, 5.41) is 0.